The van der Waals surface area contributed by atoms with Crippen molar-refractivity contribution in [2.45, 2.75) is 30.2 Å². The van der Waals surface area contributed by atoms with Gasteiger partial charge >= 0.3 is 0 Å². The lowest BCUT2D eigenvalue weighted by molar-refractivity contribution is 0.166. The summed E-state index contributed by atoms with van der Waals surface area (Å²) < 4.78 is 45.6. The average Bonchev–Trinajstić information content (AvgIpc) is 2.63. The van der Waals surface area contributed by atoms with Crippen molar-refractivity contribution in [2.24, 2.45) is 0 Å². The Bertz CT molecular complexity index is 484. The van der Waals surface area contributed by atoms with E-state index < -0.39 is 37.1 Å². The third-order valence-corrected chi connectivity index (χ3v) is 7.39. The Hall–Kier alpha value is -0.180. The molecule has 2 fully saturated rings. The molecule has 0 saturated carbocycles. The molecule has 0 radical (unpaired) electrons. The van der Waals surface area contributed by atoms with Crippen molar-refractivity contribution in [1.82, 2.24) is 5.32 Å². The molecule has 2 heterocycles. The molecule has 0 aromatic rings. The third-order valence-electron chi connectivity index (χ3n) is 3.39. The van der Waals surface area contributed by atoms with Gasteiger partial charge in [-0.1, -0.05) is 0 Å². The van der Waals surface area contributed by atoms with Crippen LogP contribution in [0.5, 0.6) is 0 Å². The lowest BCUT2D eigenvalue weighted by Gasteiger charge is -2.17. The van der Waals surface area contributed by atoms with E-state index in [2.05, 4.69) is 5.32 Å². The fraction of sp³-hybridized carbons (Fsp3) is 1.00. The van der Waals surface area contributed by atoms with E-state index in [0.717, 1.165) is 0 Å². The van der Waals surface area contributed by atoms with Gasteiger partial charge in [0.1, 0.15) is 0 Å². The van der Waals surface area contributed by atoms with E-state index in [4.69, 9.17) is 0 Å². The van der Waals surface area contributed by atoms with E-state index in [1.54, 1.807) is 0 Å². The van der Waals surface area contributed by atoms with Gasteiger partial charge in [-0.05, 0) is 12.8 Å². The molecule has 2 saturated heterocycles. The van der Waals surface area contributed by atoms with E-state index in [9.17, 15) is 21.9 Å². The fourth-order valence-corrected chi connectivity index (χ4v) is 5.95. The summed E-state index contributed by atoms with van der Waals surface area (Å²) in [5.41, 5.74) is 0. The second-order valence-electron chi connectivity index (χ2n) is 4.79. The highest BCUT2D eigenvalue weighted by Gasteiger charge is 2.38. The molecule has 2 rings (SSSR count). The van der Waals surface area contributed by atoms with Gasteiger partial charge in [-0.2, -0.15) is 0 Å². The summed E-state index contributed by atoms with van der Waals surface area (Å²) in [7, 11) is -6.20. The lowest BCUT2D eigenvalue weighted by Crippen LogP contribution is -2.43. The zero-order valence-electron chi connectivity index (χ0n) is 9.37. The molecule has 2 aliphatic heterocycles. The van der Waals surface area contributed by atoms with Crippen molar-refractivity contribution < 1.29 is 21.9 Å². The highest BCUT2D eigenvalue weighted by Crippen LogP contribution is 2.20. The molecule has 0 aromatic heterocycles. The van der Waals surface area contributed by atoms with E-state index in [1.165, 1.54) is 0 Å². The Morgan fingerprint density at radius 2 is 1.88 bits per heavy atom. The zero-order valence-corrected chi connectivity index (χ0v) is 11.0. The summed E-state index contributed by atoms with van der Waals surface area (Å²) in [6.45, 7) is 0.236. The van der Waals surface area contributed by atoms with E-state index in [-0.39, 0.29) is 23.8 Å². The maximum atomic E-state index is 11.6. The molecule has 0 amide bonds. The lowest BCUT2D eigenvalue weighted by atomic mass is 10.2. The Kier molecular flexibility index (Phi) is 3.50. The quantitative estimate of drug-likeness (QED) is 0.641. The molecule has 2 N–H and O–H groups in total. The molecule has 0 spiro atoms. The number of nitrogens with one attached hydrogen (secondary N) is 1. The summed E-state index contributed by atoms with van der Waals surface area (Å²) in [5, 5.41) is 12.0. The summed E-state index contributed by atoms with van der Waals surface area (Å²) in [6, 6.07) is -0.532. The Balaban J connectivity index is 1.91. The van der Waals surface area contributed by atoms with Crippen molar-refractivity contribution in [2.75, 3.05) is 23.8 Å². The zero-order chi connectivity index (χ0) is 12.7. The van der Waals surface area contributed by atoms with Crippen LogP contribution in [0.3, 0.4) is 0 Å². The van der Waals surface area contributed by atoms with Crippen molar-refractivity contribution >= 4 is 19.7 Å². The van der Waals surface area contributed by atoms with Crippen LogP contribution in [0.4, 0.5) is 0 Å². The van der Waals surface area contributed by atoms with Gasteiger partial charge < -0.3 is 10.4 Å². The van der Waals surface area contributed by atoms with Crippen LogP contribution < -0.4 is 5.32 Å². The first-order valence-electron chi connectivity index (χ1n) is 5.64. The average molecular weight is 283 g/mol. The standard InChI is InChI=1S/C9H17NO5S2/c11-9-6-16(12,13)5-8(9)10-4-7-2-1-3-17(7,14)15/h7-11H,1-6H2. The minimum atomic E-state index is -3.18. The molecule has 100 valence electrons. The van der Waals surface area contributed by atoms with Crippen molar-refractivity contribution in [1.29, 1.82) is 0 Å². The molecule has 3 atom stereocenters. The minimum Gasteiger partial charge on any atom is -0.390 e. The fourth-order valence-electron chi connectivity index (χ4n) is 2.39. The molecule has 2 aliphatic rings. The van der Waals surface area contributed by atoms with Gasteiger partial charge in [-0.25, -0.2) is 16.8 Å². The Labute approximate surface area is 101 Å². The van der Waals surface area contributed by atoms with Crippen LogP contribution in [0.2, 0.25) is 0 Å². The smallest absolute Gasteiger partial charge is 0.154 e. The van der Waals surface area contributed by atoms with Gasteiger partial charge in [-0.3, -0.25) is 0 Å². The molecule has 6 nitrogen and oxygen atoms in total. The molecule has 17 heavy (non-hydrogen) atoms. The molecule has 0 bridgehead atoms. The first kappa shape index (κ1) is 13.3. The maximum Gasteiger partial charge on any atom is 0.154 e. The van der Waals surface area contributed by atoms with Gasteiger partial charge in [0.15, 0.2) is 19.7 Å². The van der Waals surface area contributed by atoms with Crippen LogP contribution >= 0.6 is 0 Å². The van der Waals surface area contributed by atoms with E-state index in [1.807, 2.05) is 0 Å². The van der Waals surface area contributed by atoms with Crippen LogP contribution in [0.1, 0.15) is 12.8 Å². The van der Waals surface area contributed by atoms with Crippen LogP contribution in [0.15, 0.2) is 0 Å². The number of aliphatic hydroxyl groups is 1. The molecule has 8 heteroatoms. The van der Waals surface area contributed by atoms with Crippen LogP contribution in [-0.2, 0) is 19.7 Å². The van der Waals surface area contributed by atoms with Crippen LogP contribution in [0, 0.1) is 0 Å². The largest absolute Gasteiger partial charge is 0.390 e. The number of hydrogen-bond donors (Lipinski definition) is 2. The van der Waals surface area contributed by atoms with Gasteiger partial charge in [0.25, 0.3) is 0 Å². The maximum absolute atomic E-state index is 11.6. The third kappa shape index (κ3) is 2.98. The molecule has 0 aliphatic carbocycles. The number of sulfone groups is 2. The predicted octanol–water partition coefficient (Wildman–Crippen LogP) is -1.69. The molecule has 0 aromatic carbocycles. The summed E-state index contributed by atoms with van der Waals surface area (Å²) >= 11 is 0. The normalized spacial score (nSPS) is 39.5. The Morgan fingerprint density at radius 1 is 1.18 bits per heavy atom. The van der Waals surface area contributed by atoms with Crippen molar-refractivity contribution in [3.05, 3.63) is 0 Å². The SMILES string of the molecule is O=S1(=O)CC(O)C(NCC2CCCS2(=O)=O)C1. The summed E-state index contributed by atoms with van der Waals surface area (Å²) in [4.78, 5) is 0. The van der Waals surface area contributed by atoms with Gasteiger partial charge in [0.05, 0.1) is 28.6 Å². The topological polar surface area (TPSA) is 101 Å². The molecular weight excluding hydrogens is 266 g/mol. The molecule has 3 unspecified atom stereocenters. The second kappa shape index (κ2) is 4.49. The van der Waals surface area contributed by atoms with E-state index in [0.29, 0.717) is 12.8 Å². The highest BCUT2D eigenvalue weighted by molar-refractivity contribution is 7.92. The Morgan fingerprint density at radius 3 is 2.35 bits per heavy atom. The number of hydrogen-bond acceptors (Lipinski definition) is 6. The van der Waals surface area contributed by atoms with Crippen molar-refractivity contribution in [3.63, 3.8) is 0 Å². The number of rotatable bonds is 3. The number of aliphatic hydroxyl groups excluding tert-OH is 1. The van der Waals surface area contributed by atoms with Crippen LogP contribution in [0.25, 0.3) is 0 Å². The van der Waals surface area contributed by atoms with Crippen molar-refractivity contribution in [3.8, 4) is 0 Å². The predicted molar refractivity (Wildman–Crippen MR) is 63.3 cm³/mol. The highest BCUT2D eigenvalue weighted by atomic mass is 32.2. The first-order valence-corrected chi connectivity index (χ1v) is 9.17. The summed E-state index contributed by atoms with van der Waals surface area (Å²) in [6.07, 6.45) is 0.356. The van der Waals surface area contributed by atoms with Gasteiger partial charge in [0, 0.05) is 12.6 Å². The molecular formula is C9H17NO5S2. The summed E-state index contributed by atoms with van der Waals surface area (Å²) in [5.74, 6) is -0.131. The van der Waals surface area contributed by atoms with Gasteiger partial charge in [0.2, 0.25) is 0 Å². The minimum absolute atomic E-state index is 0.110. The van der Waals surface area contributed by atoms with Crippen LogP contribution in [-0.4, -0.2) is 63.1 Å². The van der Waals surface area contributed by atoms with Gasteiger partial charge in [-0.15, -0.1) is 0 Å². The second-order valence-corrected chi connectivity index (χ2v) is 9.34. The first-order chi connectivity index (χ1) is 7.80. The monoisotopic (exact) mass is 283 g/mol. The van der Waals surface area contributed by atoms with E-state index >= 15 is 0 Å².